The molecule has 0 N–H and O–H groups in total. The third kappa shape index (κ3) is 4.29. The predicted octanol–water partition coefficient (Wildman–Crippen LogP) is 13.0. The van der Waals surface area contributed by atoms with Crippen LogP contribution >= 0.6 is 11.3 Å². The van der Waals surface area contributed by atoms with Gasteiger partial charge in [0.15, 0.2) is 5.58 Å². The number of anilines is 3. The molecule has 8 aromatic carbocycles. The molecule has 0 radical (unpaired) electrons. The summed E-state index contributed by atoms with van der Waals surface area (Å²) in [5.74, 6) is 0. The molecule has 4 heteroatoms. The number of para-hydroxylation sites is 2. The molecule has 0 amide bonds. The number of hydrogen-bond donors (Lipinski definition) is 0. The second-order valence-corrected chi connectivity index (χ2v) is 19.9. The van der Waals surface area contributed by atoms with Crippen LogP contribution in [0.1, 0.15) is 0 Å². The fourth-order valence-corrected chi connectivity index (χ4v) is 13.1. The van der Waals surface area contributed by atoms with Gasteiger partial charge in [-0.2, -0.15) is 0 Å². The lowest BCUT2D eigenvalue weighted by Gasteiger charge is -2.27. The molecule has 2 aromatic heterocycles. The number of benzene rings is 8. The van der Waals surface area contributed by atoms with Gasteiger partial charge in [0.1, 0.15) is 13.7 Å². The van der Waals surface area contributed by atoms with Crippen LogP contribution in [0, 0.1) is 0 Å². The second-order valence-electron chi connectivity index (χ2n) is 14.5. The van der Waals surface area contributed by atoms with Gasteiger partial charge in [-0.1, -0.05) is 128 Å². The first-order chi connectivity index (χ1) is 25.5. The molecule has 0 saturated heterocycles. The Bertz CT molecular complexity index is 3060. The van der Waals surface area contributed by atoms with Crippen molar-refractivity contribution in [1.82, 2.24) is 0 Å². The third-order valence-electron chi connectivity index (χ3n) is 11.3. The van der Waals surface area contributed by atoms with Crippen LogP contribution in [0.15, 0.2) is 168 Å². The quantitative estimate of drug-likeness (QED) is 0.170. The summed E-state index contributed by atoms with van der Waals surface area (Å²) in [6, 6.07) is 60.1. The molecule has 3 heterocycles. The number of furan rings is 1. The van der Waals surface area contributed by atoms with Gasteiger partial charge in [-0.3, -0.25) is 0 Å². The molecule has 246 valence electrons. The molecule has 0 fully saturated rings. The molecule has 10 aromatic rings. The van der Waals surface area contributed by atoms with Crippen molar-refractivity contribution < 1.29 is 4.42 Å². The van der Waals surface area contributed by atoms with E-state index in [1.165, 1.54) is 63.6 Å². The van der Waals surface area contributed by atoms with E-state index in [1.807, 2.05) is 17.4 Å². The van der Waals surface area contributed by atoms with Crippen LogP contribution in [0.4, 0.5) is 17.1 Å². The van der Waals surface area contributed by atoms with E-state index in [-0.39, 0.29) is 0 Å². The van der Waals surface area contributed by atoms with E-state index >= 15 is 0 Å². The normalized spacial score (nSPS) is 13.3. The summed E-state index contributed by atoms with van der Waals surface area (Å²) in [5, 5.41) is 10.5. The maximum atomic E-state index is 6.67. The molecule has 0 aliphatic carbocycles. The molecular formula is C48H33NOSSi. The minimum absolute atomic E-state index is 0.898. The summed E-state index contributed by atoms with van der Waals surface area (Å²) >= 11 is 1.94. The SMILES string of the molecule is C[Si]1(C)c2cc(N(c3ccc(-c4ccc5ccccc5c4)cc3)c3cccc4c3oc3ccccc34)ccc2-c2c1ccc1c2sc2ccccc21. The van der Waals surface area contributed by atoms with E-state index < -0.39 is 8.07 Å². The van der Waals surface area contributed by atoms with Gasteiger partial charge in [-0.15, -0.1) is 11.3 Å². The van der Waals surface area contributed by atoms with E-state index in [4.69, 9.17) is 4.42 Å². The van der Waals surface area contributed by atoms with E-state index in [2.05, 4.69) is 176 Å². The van der Waals surface area contributed by atoms with Crippen molar-refractivity contribution in [2.45, 2.75) is 13.1 Å². The van der Waals surface area contributed by atoms with E-state index in [0.717, 1.165) is 39.0 Å². The Morgan fingerprint density at radius 1 is 0.519 bits per heavy atom. The zero-order valence-corrected chi connectivity index (χ0v) is 30.7. The average molecular weight is 700 g/mol. The Kier molecular flexibility index (Phi) is 6.31. The number of nitrogens with zero attached hydrogens (tertiary/aromatic N) is 1. The van der Waals surface area contributed by atoms with Crippen LogP contribution in [0.5, 0.6) is 0 Å². The van der Waals surface area contributed by atoms with Crippen LogP contribution < -0.4 is 15.3 Å². The van der Waals surface area contributed by atoms with Gasteiger partial charge in [0.05, 0.1) is 5.69 Å². The molecule has 0 saturated carbocycles. The Labute approximate surface area is 306 Å². The van der Waals surface area contributed by atoms with Gasteiger partial charge in [0, 0.05) is 42.3 Å². The second kappa shape index (κ2) is 11.0. The molecule has 1 aliphatic heterocycles. The Hall–Kier alpha value is -5.94. The van der Waals surface area contributed by atoms with Gasteiger partial charge in [0.2, 0.25) is 0 Å². The van der Waals surface area contributed by atoms with Crippen molar-refractivity contribution in [3.05, 3.63) is 164 Å². The highest BCUT2D eigenvalue weighted by molar-refractivity contribution is 7.26. The molecule has 0 spiro atoms. The smallest absolute Gasteiger partial charge is 0.159 e. The number of hydrogen-bond acceptors (Lipinski definition) is 3. The average Bonchev–Trinajstić information content (AvgIpc) is 3.83. The molecule has 0 bridgehead atoms. The van der Waals surface area contributed by atoms with Gasteiger partial charge in [-0.25, -0.2) is 0 Å². The topological polar surface area (TPSA) is 16.4 Å². The van der Waals surface area contributed by atoms with Crippen molar-refractivity contribution in [2.24, 2.45) is 0 Å². The van der Waals surface area contributed by atoms with Crippen molar-refractivity contribution in [3.63, 3.8) is 0 Å². The lowest BCUT2D eigenvalue weighted by molar-refractivity contribution is 0.669. The summed E-state index contributed by atoms with van der Waals surface area (Å²) in [6.45, 7) is 5.03. The predicted molar refractivity (Wildman–Crippen MR) is 226 cm³/mol. The van der Waals surface area contributed by atoms with Crippen molar-refractivity contribution in [3.8, 4) is 22.3 Å². The van der Waals surface area contributed by atoms with Gasteiger partial charge in [0.25, 0.3) is 0 Å². The zero-order valence-electron chi connectivity index (χ0n) is 28.9. The summed E-state index contributed by atoms with van der Waals surface area (Å²) in [7, 11) is -2.03. The maximum Gasteiger partial charge on any atom is 0.159 e. The molecule has 1 aliphatic rings. The molecule has 52 heavy (non-hydrogen) atoms. The first-order valence-corrected chi connectivity index (χ1v) is 21.7. The first kappa shape index (κ1) is 29.8. The standard InChI is InChI=1S/C48H33NOSSi/c1-52(2)44-27-26-39-37-13-6-8-17-43(37)51-48(39)46(44)40-25-24-35(29-45(40)52)49(41-15-9-14-38-36-12-5-7-16-42(36)50-47(38)41)34-22-20-31(21-23-34)33-19-18-30-10-3-4-11-32(30)28-33/h3-29H,1-2H3. The van der Waals surface area contributed by atoms with E-state index in [1.54, 1.807) is 0 Å². The fourth-order valence-electron chi connectivity index (χ4n) is 8.64. The van der Waals surface area contributed by atoms with E-state index in [0.29, 0.717) is 0 Å². The van der Waals surface area contributed by atoms with E-state index in [9.17, 15) is 0 Å². The molecule has 2 nitrogen and oxygen atoms in total. The van der Waals surface area contributed by atoms with Crippen molar-refractivity contribution in [1.29, 1.82) is 0 Å². The van der Waals surface area contributed by atoms with Crippen LogP contribution in [0.25, 0.3) is 75.1 Å². The highest BCUT2D eigenvalue weighted by Crippen LogP contribution is 2.46. The Morgan fingerprint density at radius 3 is 2.13 bits per heavy atom. The summed E-state index contributed by atoms with van der Waals surface area (Å²) in [6.07, 6.45) is 0. The number of thiophene rings is 1. The lowest BCUT2D eigenvalue weighted by Crippen LogP contribution is -2.49. The summed E-state index contributed by atoms with van der Waals surface area (Å²) < 4.78 is 9.44. The monoisotopic (exact) mass is 699 g/mol. The maximum absolute atomic E-state index is 6.67. The van der Waals surface area contributed by atoms with Crippen LogP contribution in [-0.2, 0) is 0 Å². The number of rotatable bonds is 4. The van der Waals surface area contributed by atoms with Crippen molar-refractivity contribution in [2.75, 3.05) is 4.90 Å². The molecule has 11 rings (SSSR count). The highest BCUT2D eigenvalue weighted by atomic mass is 32.1. The largest absolute Gasteiger partial charge is 0.454 e. The fraction of sp³-hybridized carbons (Fsp3) is 0.0417. The lowest BCUT2D eigenvalue weighted by atomic mass is 10.0. The minimum Gasteiger partial charge on any atom is -0.454 e. The van der Waals surface area contributed by atoms with Crippen molar-refractivity contribution >= 4 is 99.7 Å². The van der Waals surface area contributed by atoms with Gasteiger partial charge >= 0.3 is 0 Å². The first-order valence-electron chi connectivity index (χ1n) is 17.9. The third-order valence-corrected chi connectivity index (χ3v) is 16.0. The summed E-state index contributed by atoms with van der Waals surface area (Å²) in [4.78, 5) is 2.40. The molecular weight excluding hydrogens is 667 g/mol. The van der Waals surface area contributed by atoms with Gasteiger partial charge in [-0.05, 0) is 91.9 Å². The number of fused-ring (bicyclic) bond motifs is 11. The zero-order chi connectivity index (χ0) is 34.6. The Balaban J connectivity index is 1.10. The van der Waals surface area contributed by atoms with Crippen LogP contribution in [0.2, 0.25) is 13.1 Å². The molecule has 0 unspecified atom stereocenters. The summed E-state index contributed by atoms with van der Waals surface area (Å²) in [5.41, 5.74) is 10.3. The minimum atomic E-state index is -2.03. The van der Waals surface area contributed by atoms with Crippen LogP contribution in [-0.4, -0.2) is 8.07 Å². The van der Waals surface area contributed by atoms with Gasteiger partial charge < -0.3 is 9.32 Å². The Morgan fingerprint density at radius 2 is 1.25 bits per heavy atom. The molecule has 0 atom stereocenters. The van der Waals surface area contributed by atoms with Crippen LogP contribution in [0.3, 0.4) is 0 Å². The highest BCUT2D eigenvalue weighted by Gasteiger charge is 2.39.